The number of carbonyl (C=O) groups excluding carboxylic acids is 1. The Kier molecular flexibility index (Phi) is 4.05. The highest BCUT2D eigenvalue weighted by Crippen LogP contribution is 1.88. The number of esters is 1. The van der Waals surface area contributed by atoms with Crippen LogP contribution in [0.1, 0.15) is 6.92 Å². The Morgan fingerprint density at radius 2 is 2.33 bits per heavy atom. The Hall–Kier alpha value is -0.570. The lowest BCUT2D eigenvalue weighted by Crippen LogP contribution is -2.11. The third kappa shape index (κ3) is 3.08. The van der Waals surface area contributed by atoms with Gasteiger partial charge in [-0.15, -0.1) is 0 Å². The van der Waals surface area contributed by atoms with E-state index < -0.39 is 5.97 Å². The van der Waals surface area contributed by atoms with Gasteiger partial charge in [-0.25, -0.2) is 4.79 Å². The van der Waals surface area contributed by atoms with Crippen molar-refractivity contribution in [1.29, 1.82) is 0 Å². The van der Waals surface area contributed by atoms with Gasteiger partial charge < -0.3 is 4.74 Å². The van der Waals surface area contributed by atoms with Crippen LogP contribution >= 0.6 is 11.6 Å². The first-order valence-electron chi connectivity index (χ1n) is 2.51. The molecular formula is C5H8ClNO2. The zero-order valence-electron chi connectivity index (χ0n) is 5.35. The van der Waals surface area contributed by atoms with Crippen molar-refractivity contribution in [3.63, 3.8) is 0 Å². The normalized spacial score (nSPS) is 11.2. The lowest BCUT2D eigenvalue weighted by Gasteiger charge is -1.95. The molecule has 0 aliphatic rings. The summed E-state index contributed by atoms with van der Waals surface area (Å²) in [6.07, 6.45) is 0. The van der Waals surface area contributed by atoms with Gasteiger partial charge in [0.15, 0.2) is 0 Å². The Morgan fingerprint density at radius 3 is 2.67 bits per heavy atom. The molecule has 0 aliphatic heterocycles. The summed E-state index contributed by atoms with van der Waals surface area (Å²) in [5, 5.41) is -0.114. The van der Waals surface area contributed by atoms with E-state index in [1.54, 1.807) is 6.92 Å². The molecule has 0 N–H and O–H groups in total. The summed E-state index contributed by atoms with van der Waals surface area (Å²) in [4.78, 5) is 13.9. The molecule has 0 bridgehead atoms. The van der Waals surface area contributed by atoms with Crippen LogP contribution in [0.5, 0.6) is 0 Å². The summed E-state index contributed by atoms with van der Waals surface area (Å²) in [6, 6.07) is 0. The molecule has 0 aromatic rings. The van der Waals surface area contributed by atoms with Crippen LogP contribution in [0.25, 0.3) is 0 Å². The van der Waals surface area contributed by atoms with Crippen molar-refractivity contribution in [1.82, 2.24) is 0 Å². The molecule has 4 heteroatoms. The van der Waals surface area contributed by atoms with E-state index in [1.807, 2.05) is 0 Å². The van der Waals surface area contributed by atoms with E-state index in [1.165, 1.54) is 7.05 Å². The lowest BCUT2D eigenvalue weighted by atomic mass is 10.7. The number of carbonyl (C=O) groups is 1. The minimum atomic E-state index is -0.568. The number of halogens is 1. The summed E-state index contributed by atoms with van der Waals surface area (Å²) in [6.45, 7) is 2.03. The van der Waals surface area contributed by atoms with Gasteiger partial charge >= 0.3 is 5.97 Å². The topological polar surface area (TPSA) is 38.7 Å². The highest BCUT2D eigenvalue weighted by atomic mass is 35.5. The second-order valence-electron chi connectivity index (χ2n) is 1.23. The number of hydrogen-bond acceptors (Lipinski definition) is 3. The molecule has 0 unspecified atom stereocenters. The van der Waals surface area contributed by atoms with E-state index in [0.29, 0.717) is 6.61 Å². The number of ether oxygens (including phenoxy) is 1. The molecule has 0 saturated heterocycles. The SMILES string of the molecule is CCOC(=O)C(Cl)=NC. The van der Waals surface area contributed by atoms with Crippen molar-refractivity contribution >= 4 is 22.7 Å². The Labute approximate surface area is 58.7 Å². The average molecular weight is 150 g/mol. The Morgan fingerprint density at radius 1 is 1.78 bits per heavy atom. The van der Waals surface area contributed by atoms with Crippen molar-refractivity contribution < 1.29 is 9.53 Å². The van der Waals surface area contributed by atoms with Gasteiger partial charge in [0.25, 0.3) is 0 Å². The minimum absolute atomic E-state index is 0.114. The van der Waals surface area contributed by atoms with Crippen LogP contribution in [0, 0.1) is 0 Å². The van der Waals surface area contributed by atoms with Gasteiger partial charge in [0, 0.05) is 7.05 Å². The lowest BCUT2D eigenvalue weighted by molar-refractivity contribution is -0.134. The van der Waals surface area contributed by atoms with Gasteiger partial charge in [-0.2, -0.15) is 0 Å². The first-order chi connectivity index (χ1) is 4.22. The van der Waals surface area contributed by atoms with Crippen molar-refractivity contribution in [3.05, 3.63) is 0 Å². The van der Waals surface area contributed by atoms with Crippen molar-refractivity contribution in [3.8, 4) is 0 Å². The van der Waals surface area contributed by atoms with E-state index in [2.05, 4.69) is 9.73 Å². The second-order valence-corrected chi connectivity index (χ2v) is 1.59. The monoisotopic (exact) mass is 149 g/mol. The van der Waals surface area contributed by atoms with Crippen LogP contribution in [0.2, 0.25) is 0 Å². The minimum Gasteiger partial charge on any atom is -0.461 e. The summed E-state index contributed by atoms with van der Waals surface area (Å²) in [5.74, 6) is -0.568. The summed E-state index contributed by atoms with van der Waals surface area (Å²) in [5.41, 5.74) is 0. The molecule has 0 saturated carbocycles. The standard InChI is InChI=1S/C5H8ClNO2/c1-3-9-5(8)4(6)7-2/h3H2,1-2H3. The van der Waals surface area contributed by atoms with Crippen LogP contribution in [-0.2, 0) is 9.53 Å². The molecular weight excluding hydrogens is 142 g/mol. The molecule has 0 aromatic heterocycles. The summed E-state index contributed by atoms with van der Waals surface area (Å²) < 4.78 is 4.49. The van der Waals surface area contributed by atoms with Crippen LogP contribution in [0.3, 0.4) is 0 Å². The smallest absolute Gasteiger partial charge is 0.368 e. The van der Waals surface area contributed by atoms with Gasteiger partial charge in [-0.05, 0) is 6.92 Å². The van der Waals surface area contributed by atoms with Gasteiger partial charge in [-0.3, -0.25) is 4.99 Å². The van der Waals surface area contributed by atoms with E-state index >= 15 is 0 Å². The fourth-order valence-electron chi connectivity index (χ4n) is 0.282. The third-order valence-electron chi connectivity index (χ3n) is 0.640. The van der Waals surface area contributed by atoms with Gasteiger partial charge in [-0.1, -0.05) is 11.6 Å². The number of nitrogens with zero attached hydrogens (tertiary/aromatic N) is 1. The van der Waals surface area contributed by atoms with Crippen LogP contribution in [-0.4, -0.2) is 24.8 Å². The maximum atomic E-state index is 10.5. The van der Waals surface area contributed by atoms with E-state index in [0.717, 1.165) is 0 Å². The molecule has 52 valence electrons. The van der Waals surface area contributed by atoms with Crippen molar-refractivity contribution in [2.45, 2.75) is 6.92 Å². The fraction of sp³-hybridized carbons (Fsp3) is 0.600. The largest absolute Gasteiger partial charge is 0.461 e. The molecule has 0 aliphatic carbocycles. The number of hydrogen-bond donors (Lipinski definition) is 0. The molecule has 0 spiro atoms. The van der Waals surface area contributed by atoms with Gasteiger partial charge in [0.1, 0.15) is 0 Å². The quantitative estimate of drug-likeness (QED) is 0.431. The predicted octanol–water partition coefficient (Wildman–Crippen LogP) is 0.817. The van der Waals surface area contributed by atoms with Gasteiger partial charge in [0.2, 0.25) is 5.17 Å². The molecule has 3 nitrogen and oxygen atoms in total. The average Bonchev–Trinajstić information content (AvgIpc) is 1.87. The highest BCUT2D eigenvalue weighted by Gasteiger charge is 2.05. The first-order valence-corrected chi connectivity index (χ1v) is 2.89. The fourth-order valence-corrected chi connectivity index (χ4v) is 0.336. The summed E-state index contributed by atoms with van der Waals surface area (Å²) >= 11 is 5.27. The molecule has 0 aromatic carbocycles. The Balaban J connectivity index is 3.74. The second kappa shape index (κ2) is 4.32. The maximum Gasteiger partial charge on any atom is 0.368 e. The molecule has 0 amide bonds. The zero-order valence-corrected chi connectivity index (χ0v) is 6.10. The van der Waals surface area contributed by atoms with Crippen molar-refractivity contribution in [2.75, 3.05) is 13.7 Å². The number of rotatable bonds is 2. The van der Waals surface area contributed by atoms with Crippen LogP contribution in [0.15, 0.2) is 4.99 Å². The third-order valence-corrected chi connectivity index (χ3v) is 0.964. The van der Waals surface area contributed by atoms with E-state index in [9.17, 15) is 4.79 Å². The Bertz CT molecular complexity index is 133. The molecule has 9 heavy (non-hydrogen) atoms. The molecule has 0 radical (unpaired) electrons. The highest BCUT2D eigenvalue weighted by molar-refractivity contribution is 6.81. The first kappa shape index (κ1) is 8.43. The molecule has 0 atom stereocenters. The van der Waals surface area contributed by atoms with E-state index in [-0.39, 0.29) is 5.17 Å². The number of aliphatic imine (C=N–C) groups is 1. The van der Waals surface area contributed by atoms with Crippen LogP contribution < -0.4 is 0 Å². The molecule has 0 rings (SSSR count). The van der Waals surface area contributed by atoms with Crippen LogP contribution in [0.4, 0.5) is 0 Å². The summed E-state index contributed by atoms with van der Waals surface area (Å²) in [7, 11) is 1.43. The molecule has 0 fully saturated rings. The zero-order chi connectivity index (χ0) is 7.28. The maximum absolute atomic E-state index is 10.5. The van der Waals surface area contributed by atoms with E-state index in [4.69, 9.17) is 11.6 Å². The van der Waals surface area contributed by atoms with Crippen molar-refractivity contribution in [2.24, 2.45) is 4.99 Å². The predicted molar refractivity (Wildman–Crippen MR) is 35.8 cm³/mol. The van der Waals surface area contributed by atoms with Gasteiger partial charge in [0.05, 0.1) is 6.61 Å². The molecule has 0 heterocycles.